The van der Waals surface area contributed by atoms with Gasteiger partial charge in [-0.2, -0.15) is 0 Å². The highest BCUT2D eigenvalue weighted by atomic mass is 16.5. The Hall–Kier alpha value is -0.570. The summed E-state index contributed by atoms with van der Waals surface area (Å²) in [6.07, 6.45) is 1.64. The van der Waals surface area contributed by atoms with Crippen LogP contribution in [-0.4, -0.2) is 25.7 Å². The monoisotopic (exact) mass is 227 g/mol. The summed E-state index contributed by atoms with van der Waals surface area (Å²) in [6, 6.07) is 0.264. The summed E-state index contributed by atoms with van der Waals surface area (Å²) in [7, 11) is 1.72. The molecule has 1 saturated heterocycles. The van der Waals surface area contributed by atoms with Crippen molar-refractivity contribution in [1.82, 2.24) is 5.32 Å². The zero-order valence-corrected chi connectivity index (χ0v) is 11.2. The molecule has 0 aromatic carbocycles. The molecule has 0 spiro atoms. The summed E-state index contributed by atoms with van der Waals surface area (Å²) >= 11 is 0. The Balaban J connectivity index is 2.89. The molecule has 1 heterocycles. The first kappa shape index (κ1) is 13.5. The van der Waals surface area contributed by atoms with Crippen molar-refractivity contribution in [2.75, 3.05) is 13.7 Å². The number of methoxy groups -OCH3 is 1. The Bertz CT molecular complexity index is 250. The predicted octanol–water partition coefficient (Wildman–Crippen LogP) is 2.21. The van der Waals surface area contributed by atoms with Gasteiger partial charge in [-0.1, -0.05) is 27.7 Å². The van der Waals surface area contributed by atoms with E-state index in [9.17, 15) is 4.79 Å². The first-order valence-electron chi connectivity index (χ1n) is 6.20. The Morgan fingerprint density at radius 2 is 2.06 bits per heavy atom. The van der Waals surface area contributed by atoms with E-state index in [1.54, 1.807) is 7.11 Å². The summed E-state index contributed by atoms with van der Waals surface area (Å²) in [5.74, 6) is 1.23. The summed E-state index contributed by atoms with van der Waals surface area (Å²) in [5, 5.41) is 3.12. The minimum Gasteiger partial charge on any atom is -0.384 e. The van der Waals surface area contributed by atoms with Crippen molar-refractivity contribution >= 4 is 5.91 Å². The van der Waals surface area contributed by atoms with Crippen LogP contribution in [0.25, 0.3) is 0 Å². The molecule has 1 N–H and O–H groups in total. The molecule has 0 aromatic rings. The maximum Gasteiger partial charge on any atom is 0.220 e. The smallest absolute Gasteiger partial charge is 0.220 e. The number of rotatable bonds is 5. The molecule has 2 atom stereocenters. The van der Waals surface area contributed by atoms with Crippen LogP contribution in [0.15, 0.2) is 0 Å². The van der Waals surface area contributed by atoms with Crippen LogP contribution >= 0.6 is 0 Å². The van der Waals surface area contributed by atoms with Crippen molar-refractivity contribution in [3.05, 3.63) is 0 Å². The topological polar surface area (TPSA) is 38.3 Å². The number of hydrogen-bond acceptors (Lipinski definition) is 2. The standard InChI is InChI=1S/C13H25NO2/c1-9(2)6-11-13(8-16-5,10(3)4)7-12(15)14-11/h9-11H,6-8H2,1-5H3,(H,14,15). The van der Waals surface area contributed by atoms with Crippen molar-refractivity contribution in [3.63, 3.8) is 0 Å². The van der Waals surface area contributed by atoms with Gasteiger partial charge in [-0.05, 0) is 18.3 Å². The molecule has 0 radical (unpaired) electrons. The largest absolute Gasteiger partial charge is 0.384 e. The number of carbonyl (C=O) groups is 1. The van der Waals surface area contributed by atoms with E-state index in [2.05, 4.69) is 33.0 Å². The van der Waals surface area contributed by atoms with Gasteiger partial charge in [-0.15, -0.1) is 0 Å². The highest BCUT2D eigenvalue weighted by Gasteiger charge is 2.48. The average Bonchev–Trinajstić information content (AvgIpc) is 2.43. The molecular formula is C13H25NO2. The number of nitrogens with one attached hydrogen (secondary N) is 1. The van der Waals surface area contributed by atoms with E-state index in [1.165, 1.54) is 0 Å². The molecule has 1 rings (SSSR count). The average molecular weight is 227 g/mol. The van der Waals surface area contributed by atoms with E-state index in [0.29, 0.717) is 24.9 Å². The van der Waals surface area contributed by atoms with Crippen molar-refractivity contribution in [3.8, 4) is 0 Å². The summed E-state index contributed by atoms with van der Waals surface area (Å²) in [4.78, 5) is 11.7. The van der Waals surface area contributed by atoms with Crippen LogP contribution in [0.5, 0.6) is 0 Å². The third kappa shape index (κ3) is 2.57. The Kier molecular flexibility index (Phi) is 4.36. The first-order valence-corrected chi connectivity index (χ1v) is 6.20. The number of ether oxygens (including phenoxy) is 1. The van der Waals surface area contributed by atoms with Gasteiger partial charge in [0.15, 0.2) is 0 Å². The lowest BCUT2D eigenvalue weighted by Gasteiger charge is -2.38. The fraction of sp³-hybridized carbons (Fsp3) is 0.923. The zero-order valence-electron chi connectivity index (χ0n) is 11.2. The summed E-state index contributed by atoms with van der Waals surface area (Å²) in [6.45, 7) is 9.44. The molecule has 1 amide bonds. The third-order valence-electron chi connectivity index (χ3n) is 3.79. The van der Waals surface area contributed by atoms with Gasteiger partial charge in [0.25, 0.3) is 0 Å². The van der Waals surface area contributed by atoms with Gasteiger partial charge in [0.05, 0.1) is 6.61 Å². The van der Waals surface area contributed by atoms with Gasteiger partial charge in [-0.3, -0.25) is 4.79 Å². The van der Waals surface area contributed by atoms with E-state index < -0.39 is 0 Å². The van der Waals surface area contributed by atoms with Crippen LogP contribution in [0, 0.1) is 17.3 Å². The molecule has 0 aliphatic carbocycles. The Morgan fingerprint density at radius 1 is 1.44 bits per heavy atom. The van der Waals surface area contributed by atoms with E-state index in [0.717, 1.165) is 6.42 Å². The van der Waals surface area contributed by atoms with Crippen LogP contribution in [0.1, 0.15) is 40.5 Å². The molecule has 0 bridgehead atoms. The molecule has 94 valence electrons. The normalized spacial score (nSPS) is 30.2. The SMILES string of the molecule is COCC1(C(C)C)CC(=O)NC1CC(C)C. The minimum absolute atomic E-state index is 0.0178. The van der Waals surface area contributed by atoms with Crippen molar-refractivity contribution in [2.45, 2.75) is 46.6 Å². The van der Waals surface area contributed by atoms with Gasteiger partial charge in [0.2, 0.25) is 5.91 Å². The van der Waals surface area contributed by atoms with Gasteiger partial charge in [0, 0.05) is 25.0 Å². The summed E-state index contributed by atoms with van der Waals surface area (Å²) < 4.78 is 5.36. The van der Waals surface area contributed by atoms with Gasteiger partial charge < -0.3 is 10.1 Å². The van der Waals surface area contributed by atoms with E-state index in [-0.39, 0.29) is 17.4 Å². The van der Waals surface area contributed by atoms with Crippen LogP contribution in [0.3, 0.4) is 0 Å². The molecule has 1 aliphatic heterocycles. The highest BCUT2D eigenvalue weighted by Crippen LogP contribution is 2.42. The maximum atomic E-state index is 11.7. The molecule has 3 nitrogen and oxygen atoms in total. The number of hydrogen-bond donors (Lipinski definition) is 1. The van der Waals surface area contributed by atoms with Gasteiger partial charge in [0.1, 0.15) is 0 Å². The first-order chi connectivity index (χ1) is 7.42. The molecular weight excluding hydrogens is 202 g/mol. The zero-order chi connectivity index (χ0) is 12.3. The Labute approximate surface area is 98.9 Å². The number of amides is 1. The molecule has 3 heteroatoms. The van der Waals surface area contributed by atoms with Crippen LogP contribution in [0.2, 0.25) is 0 Å². The van der Waals surface area contributed by atoms with Gasteiger partial charge in [-0.25, -0.2) is 0 Å². The van der Waals surface area contributed by atoms with E-state index >= 15 is 0 Å². The second-order valence-corrected chi connectivity index (χ2v) is 5.75. The second-order valence-electron chi connectivity index (χ2n) is 5.75. The van der Waals surface area contributed by atoms with E-state index in [1.807, 2.05) is 0 Å². The Morgan fingerprint density at radius 3 is 2.50 bits per heavy atom. The lowest BCUT2D eigenvalue weighted by Crippen LogP contribution is -2.44. The van der Waals surface area contributed by atoms with Crippen LogP contribution < -0.4 is 5.32 Å². The molecule has 0 saturated carbocycles. The lowest BCUT2D eigenvalue weighted by molar-refractivity contribution is -0.120. The molecule has 0 aromatic heterocycles. The van der Waals surface area contributed by atoms with Crippen molar-refractivity contribution < 1.29 is 9.53 Å². The van der Waals surface area contributed by atoms with Crippen LogP contribution in [0.4, 0.5) is 0 Å². The van der Waals surface area contributed by atoms with Gasteiger partial charge >= 0.3 is 0 Å². The lowest BCUT2D eigenvalue weighted by atomic mass is 9.70. The highest BCUT2D eigenvalue weighted by molar-refractivity contribution is 5.80. The van der Waals surface area contributed by atoms with Crippen molar-refractivity contribution in [1.29, 1.82) is 0 Å². The third-order valence-corrected chi connectivity index (χ3v) is 3.79. The van der Waals surface area contributed by atoms with Crippen molar-refractivity contribution in [2.24, 2.45) is 17.3 Å². The molecule has 2 unspecified atom stereocenters. The quantitative estimate of drug-likeness (QED) is 0.782. The van der Waals surface area contributed by atoms with Crippen LogP contribution in [-0.2, 0) is 9.53 Å². The minimum atomic E-state index is -0.0178. The van der Waals surface area contributed by atoms with E-state index in [4.69, 9.17) is 4.74 Å². The predicted molar refractivity (Wildman–Crippen MR) is 65.1 cm³/mol. The fourth-order valence-electron chi connectivity index (χ4n) is 2.77. The fourth-order valence-corrected chi connectivity index (χ4v) is 2.77. The number of carbonyl (C=O) groups excluding carboxylic acids is 1. The maximum absolute atomic E-state index is 11.7. The molecule has 1 fully saturated rings. The molecule has 1 aliphatic rings. The second kappa shape index (κ2) is 5.17. The molecule has 16 heavy (non-hydrogen) atoms. The summed E-state index contributed by atoms with van der Waals surface area (Å²) in [5.41, 5.74) is -0.0178.